The fourth-order valence-electron chi connectivity index (χ4n) is 3.61. The van der Waals surface area contributed by atoms with Crippen molar-refractivity contribution in [3.8, 4) is 0 Å². The van der Waals surface area contributed by atoms with Crippen molar-refractivity contribution < 1.29 is 4.79 Å². The summed E-state index contributed by atoms with van der Waals surface area (Å²) < 4.78 is 1.50. The van der Waals surface area contributed by atoms with Gasteiger partial charge in [0.2, 0.25) is 0 Å². The van der Waals surface area contributed by atoms with E-state index in [0.29, 0.717) is 30.2 Å². The van der Waals surface area contributed by atoms with Gasteiger partial charge in [-0.1, -0.05) is 0 Å². The lowest BCUT2D eigenvalue weighted by atomic mass is 9.93. The molecule has 0 radical (unpaired) electrons. The lowest BCUT2D eigenvalue weighted by Crippen LogP contribution is -2.42. The van der Waals surface area contributed by atoms with Crippen LogP contribution >= 0.6 is 0 Å². The van der Waals surface area contributed by atoms with Crippen LogP contribution in [-0.4, -0.2) is 38.4 Å². The van der Waals surface area contributed by atoms with Crippen molar-refractivity contribution in [2.75, 3.05) is 13.1 Å². The molecule has 7 nitrogen and oxygen atoms in total. The first-order valence-corrected chi connectivity index (χ1v) is 8.82. The second-order valence-corrected chi connectivity index (χ2v) is 7.05. The summed E-state index contributed by atoms with van der Waals surface area (Å²) in [6.07, 6.45) is 1.68. The molecule has 1 atom stereocenters. The molecule has 0 aliphatic carbocycles. The number of nitrogens with one attached hydrogen (secondary N) is 1. The average molecular weight is 356 g/mol. The highest BCUT2D eigenvalue weighted by Gasteiger charge is 2.29. The first kappa shape index (κ1) is 18.1. The standard InChI is InChI=1S/C19H24N4O3/c1-11-8-12(2)22(4)18(25)17(11)19(26)23-7-5-6-14(10-23)15-9-16(24)21-13(3)20-15/h8-9,14H,5-7,10H2,1-4H3,(H,20,21,24)/t14-/m1/s1. The molecule has 2 aromatic rings. The predicted molar refractivity (Wildman–Crippen MR) is 98.6 cm³/mol. The summed E-state index contributed by atoms with van der Waals surface area (Å²) in [6.45, 7) is 6.46. The molecular weight excluding hydrogens is 332 g/mol. The fourth-order valence-corrected chi connectivity index (χ4v) is 3.61. The third-order valence-electron chi connectivity index (χ3n) is 5.09. The number of likely N-dealkylation sites (tertiary alicyclic amines) is 1. The van der Waals surface area contributed by atoms with Gasteiger partial charge in [0, 0.05) is 37.8 Å². The van der Waals surface area contributed by atoms with Crippen LogP contribution in [-0.2, 0) is 7.05 Å². The van der Waals surface area contributed by atoms with E-state index in [1.54, 1.807) is 25.8 Å². The van der Waals surface area contributed by atoms with Gasteiger partial charge in [-0.2, -0.15) is 0 Å². The van der Waals surface area contributed by atoms with Crippen LogP contribution in [0.4, 0.5) is 0 Å². The molecule has 138 valence electrons. The first-order valence-electron chi connectivity index (χ1n) is 8.82. The Labute approximate surface area is 151 Å². The van der Waals surface area contributed by atoms with Gasteiger partial charge >= 0.3 is 0 Å². The van der Waals surface area contributed by atoms with Gasteiger partial charge in [0.25, 0.3) is 17.0 Å². The molecule has 7 heteroatoms. The lowest BCUT2D eigenvalue weighted by molar-refractivity contribution is 0.0702. The zero-order chi connectivity index (χ0) is 19.0. The van der Waals surface area contributed by atoms with E-state index < -0.39 is 0 Å². The molecule has 1 aliphatic rings. The molecule has 0 spiro atoms. The molecule has 0 saturated carbocycles. The number of rotatable bonds is 2. The number of hydrogen-bond donors (Lipinski definition) is 1. The first-order chi connectivity index (χ1) is 12.3. The molecular formula is C19H24N4O3. The van der Waals surface area contributed by atoms with Gasteiger partial charge in [0.1, 0.15) is 11.4 Å². The van der Waals surface area contributed by atoms with Gasteiger partial charge in [-0.25, -0.2) is 4.98 Å². The molecule has 2 aromatic heterocycles. The second kappa shape index (κ2) is 6.90. The van der Waals surface area contributed by atoms with Crippen LogP contribution in [0.2, 0.25) is 0 Å². The van der Waals surface area contributed by atoms with E-state index in [0.717, 1.165) is 18.5 Å². The largest absolute Gasteiger partial charge is 0.338 e. The summed E-state index contributed by atoms with van der Waals surface area (Å²) in [6, 6.07) is 3.36. The maximum atomic E-state index is 13.0. The number of hydrogen-bond acceptors (Lipinski definition) is 4. The van der Waals surface area contributed by atoms with E-state index in [9.17, 15) is 14.4 Å². The van der Waals surface area contributed by atoms with E-state index in [1.807, 2.05) is 13.0 Å². The normalized spacial score (nSPS) is 17.4. The van der Waals surface area contributed by atoms with Crippen LogP contribution in [0, 0.1) is 20.8 Å². The van der Waals surface area contributed by atoms with Crippen molar-refractivity contribution in [2.45, 2.75) is 39.5 Å². The summed E-state index contributed by atoms with van der Waals surface area (Å²) in [7, 11) is 1.68. The molecule has 0 unspecified atom stereocenters. The minimum absolute atomic E-state index is 0.00306. The highest BCUT2D eigenvalue weighted by Crippen LogP contribution is 2.26. The third-order valence-corrected chi connectivity index (χ3v) is 5.09. The summed E-state index contributed by atoms with van der Waals surface area (Å²) in [5.41, 5.74) is 2.01. The Balaban J connectivity index is 1.91. The SMILES string of the molecule is Cc1nc([C@@H]2CCCN(C(=O)c3c(C)cc(C)n(C)c3=O)C2)cc(=O)[nH]1. The Hall–Kier alpha value is -2.70. The minimum atomic E-state index is -0.264. The maximum absolute atomic E-state index is 13.0. The molecule has 1 saturated heterocycles. The Kier molecular flexibility index (Phi) is 4.80. The number of piperidine rings is 1. The summed E-state index contributed by atoms with van der Waals surface area (Å²) in [4.78, 5) is 46.1. The van der Waals surface area contributed by atoms with Crippen LogP contribution in [0.5, 0.6) is 0 Å². The van der Waals surface area contributed by atoms with E-state index >= 15 is 0 Å². The minimum Gasteiger partial charge on any atom is -0.338 e. The van der Waals surface area contributed by atoms with Gasteiger partial charge < -0.3 is 14.5 Å². The number of aromatic amines is 1. The average Bonchev–Trinajstić information content (AvgIpc) is 2.59. The number of H-pyrrole nitrogens is 1. The van der Waals surface area contributed by atoms with Crippen molar-refractivity contribution in [1.29, 1.82) is 0 Å². The predicted octanol–water partition coefficient (Wildman–Crippen LogP) is 1.41. The molecule has 1 fully saturated rings. The molecule has 3 heterocycles. The Morgan fingerprint density at radius 1 is 1.23 bits per heavy atom. The molecule has 26 heavy (non-hydrogen) atoms. The molecule has 3 rings (SSSR count). The van der Waals surface area contributed by atoms with Gasteiger partial charge in [-0.3, -0.25) is 14.4 Å². The van der Waals surface area contributed by atoms with Crippen LogP contribution in [0.15, 0.2) is 21.7 Å². The summed E-state index contributed by atoms with van der Waals surface area (Å²) in [5, 5.41) is 0. The Morgan fingerprint density at radius 2 is 1.96 bits per heavy atom. The van der Waals surface area contributed by atoms with Crippen molar-refractivity contribution in [3.63, 3.8) is 0 Å². The van der Waals surface area contributed by atoms with Crippen molar-refractivity contribution in [1.82, 2.24) is 19.4 Å². The van der Waals surface area contributed by atoms with Gasteiger partial charge in [-0.05, 0) is 45.2 Å². The maximum Gasteiger partial charge on any atom is 0.263 e. The zero-order valence-electron chi connectivity index (χ0n) is 15.6. The number of carbonyl (C=O) groups excluding carboxylic acids is 1. The molecule has 1 aliphatic heterocycles. The van der Waals surface area contributed by atoms with Gasteiger partial charge in [0.15, 0.2) is 0 Å². The third kappa shape index (κ3) is 3.34. The molecule has 1 N–H and O–H groups in total. The molecule has 0 aromatic carbocycles. The van der Waals surface area contributed by atoms with Crippen LogP contribution in [0.3, 0.4) is 0 Å². The van der Waals surface area contributed by atoms with Crippen LogP contribution in [0.25, 0.3) is 0 Å². The van der Waals surface area contributed by atoms with E-state index in [4.69, 9.17) is 0 Å². The number of pyridine rings is 1. The Bertz CT molecular complexity index is 974. The fraction of sp³-hybridized carbons (Fsp3) is 0.474. The zero-order valence-corrected chi connectivity index (χ0v) is 15.6. The van der Waals surface area contributed by atoms with E-state index in [1.165, 1.54) is 10.6 Å². The summed E-state index contributed by atoms with van der Waals surface area (Å²) in [5.74, 6) is 0.330. The lowest BCUT2D eigenvalue weighted by Gasteiger charge is -2.32. The monoisotopic (exact) mass is 356 g/mol. The van der Waals surface area contributed by atoms with Crippen LogP contribution < -0.4 is 11.1 Å². The number of nitrogens with zero attached hydrogens (tertiary/aromatic N) is 3. The summed E-state index contributed by atoms with van der Waals surface area (Å²) >= 11 is 0. The van der Waals surface area contributed by atoms with Crippen molar-refractivity contribution >= 4 is 5.91 Å². The number of amides is 1. The highest BCUT2D eigenvalue weighted by molar-refractivity contribution is 5.95. The van der Waals surface area contributed by atoms with Crippen LogP contribution in [0.1, 0.15) is 51.9 Å². The molecule has 0 bridgehead atoms. The van der Waals surface area contributed by atoms with E-state index in [-0.39, 0.29) is 28.5 Å². The smallest absolute Gasteiger partial charge is 0.263 e. The van der Waals surface area contributed by atoms with Crippen molar-refractivity contribution in [2.24, 2.45) is 7.05 Å². The number of aromatic nitrogens is 3. The highest BCUT2D eigenvalue weighted by atomic mass is 16.2. The van der Waals surface area contributed by atoms with Gasteiger partial charge in [-0.15, -0.1) is 0 Å². The number of carbonyl (C=O) groups is 1. The Morgan fingerprint density at radius 3 is 2.65 bits per heavy atom. The van der Waals surface area contributed by atoms with E-state index in [2.05, 4.69) is 9.97 Å². The number of aryl methyl sites for hydroxylation is 3. The quantitative estimate of drug-likeness (QED) is 0.881. The van der Waals surface area contributed by atoms with Gasteiger partial charge in [0.05, 0.1) is 5.69 Å². The molecule has 1 amide bonds. The van der Waals surface area contributed by atoms with Crippen molar-refractivity contribution in [3.05, 3.63) is 61.2 Å². The second-order valence-electron chi connectivity index (χ2n) is 7.05. The topological polar surface area (TPSA) is 88.1 Å².